The molecule has 3 rings (SSSR count). The first-order chi connectivity index (χ1) is 15.0. The topological polar surface area (TPSA) is 122 Å². The fraction of sp³-hybridized carbons (Fsp3) is 0.136. The maximum absolute atomic E-state index is 12.2. The van der Waals surface area contributed by atoms with Gasteiger partial charge in [0, 0.05) is 36.1 Å². The number of nitrogens with one attached hydrogen (secondary N) is 4. The van der Waals surface area contributed by atoms with Crippen LogP contribution in [0.1, 0.15) is 20.9 Å². The number of furan rings is 1. The SMILES string of the molecule is COc1cccc(NC(=O)Nc2ccc(C(=O)NCCNC(=O)c3ccco3)cc2)c1. The Labute approximate surface area is 178 Å². The lowest BCUT2D eigenvalue weighted by molar-refractivity contribution is 0.0910. The van der Waals surface area contributed by atoms with Gasteiger partial charge in [0.25, 0.3) is 11.8 Å². The van der Waals surface area contributed by atoms with Gasteiger partial charge in [0.1, 0.15) is 5.75 Å². The van der Waals surface area contributed by atoms with Gasteiger partial charge in [-0.15, -0.1) is 0 Å². The van der Waals surface area contributed by atoms with Crippen molar-refractivity contribution in [2.45, 2.75) is 0 Å². The van der Waals surface area contributed by atoms with Gasteiger partial charge in [-0.3, -0.25) is 9.59 Å². The third-order valence-corrected chi connectivity index (χ3v) is 4.17. The number of methoxy groups -OCH3 is 1. The summed E-state index contributed by atoms with van der Waals surface area (Å²) in [4.78, 5) is 36.1. The Morgan fingerprint density at radius 1 is 0.839 bits per heavy atom. The molecule has 1 aromatic heterocycles. The molecular formula is C22H22N4O5. The number of amides is 4. The van der Waals surface area contributed by atoms with Gasteiger partial charge in [-0.1, -0.05) is 6.07 Å². The summed E-state index contributed by atoms with van der Waals surface area (Å²) < 4.78 is 10.1. The van der Waals surface area contributed by atoms with Crippen LogP contribution in [0.3, 0.4) is 0 Å². The van der Waals surface area contributed by atoms with Gasteiger partial charge in [-0.2, -0.15) is 0 Å². The summed E-state index contributed by atoms with van der Waals surface area (Å²) in [6.07, 6.45) is 1.41. The molecule has 0 saturated heterocycles. The van der Waals surface area contributed by atoms with Crippen molar-refractivity contribution in [1.29, 1.82) is 0 Å². The molecule has 2 aromatic carbocycles. The van der Waals surface area contributed by atoms with Gasteiger partial charge in [0.05, 0.1) is 13.4 Å². The third kappa shape index (κ3) is 6.36. The van der Waals surface area contributed by atoms with Crippen LogP contribution in [-0.2, 0) is 0 Å². The average molecular weight is 422 g/mol. The van der Waals surface area contributed by atoms with Gasteiger partial charge < -0.3 is 30.4 Å². The van der Waals surface area contributed by atoms with Crippen LogP contribution >= 0.6 is 0 Å². The summed E-state index contributed by atoms with van der Waals surface area (Å²) in [7, 11) is 1.55. The molecule has 4 amide bonds. The number of carbonyl (C=O) groups is 3. The maximum Gasteiger partial charge on any atom is 0.323 e. The summed E-state index contributed by atoms with van der Waals surface area (Å²) >= 11 is 0. The zero-order valence-corrected chi connectivity index (χ0v) is 16.8. The smallest absolute Gasteiger partial charge is 0.323 e. The zero-order valence-electron chi connectivity index (χ0n) is 16.8. The second-order valence-corrected chi connectivity index (χ2v) is 6.38. The highest BCUT2D eigenvalue weighted by Crippen LogP contribution is 2.17. The Hall–Kier alpha value is -4.27. The van der Waals surface area contributed by atoms with Gasteiger partial charge in [0.2, 0.25) is 0 Å². The molecular weight excluding hydrogens is 400 g/mol. The van der Waals surface area contributed by atoms with Gasteiger partial charge in [-0.25, -0.2) is 4.79 Å². The van der Waals surface area contributed by atoms with Crippen molar-refractivity contribution in [2.24, 2.45) is 0 Å². The molecule has 9 heteroatoms. The molecule has 0 aliphatic rings. The van der Waals surface area contributed by atoms with E-state index in [0.717, 1.165) is 0 Å². The first-order valence-corrected chi connectivity index (χ1v) is 9.47. The van der Waals surface area contributed by atoms with E-state index in [1.807, 2.05) is 0 Å². The van der Waals surface area contributed by atoms with E-state index in [0.29, 0.717) is 22.7 Å². The third-order valence-electron chi connectivity index (χ3n) is 4.17. The molecule has 0 aliphatic carbocycles. The summed E-state index contributed by atoms with van der Waals surface area (Å²) in [6.45, 7) is 0.517. The van der Waals surface area contributed by atoms with E-state index < -0.39 is 6.03 Å². The molecule has 160 valence electrons. The Bertz CT molecular complexity index is 1030. The van der Waals surface area contributed by atoms with E-state index in [1.54, 1.807) is 67.8 Å². The Morgan fingerprint density at radius 2 is 1.55 bits per heavy atom. The quantitative estimate of drug-likeness (QED) is 0.416. The second-order valence-electron chi connectivity index (χ2n) is 6.38. The van der Waals surface area contributed by atoms with Crippen LogP contribution < -0.4 is 26.0 Å². The molecule has 0 fully saturated rings. The highest BCUT2D eigenvalue weighted by atomic mass is 16.5. The molecule has 0 atom stereocenters. The number of carbonyl (C=O) groups excluding carboxylic acids is 3. The molecule has 0 saturated carbocycles. The Morgan fingerprint density at radius 3 is 2.23 bits per heavy atom. The number of ether oxygens (including phenoxy) is 1. The lowest BCUT2D eigenvalue weighted by Gasteiger charge is -2.10. The molecule has 0 radical (unpaired) electrons. The predicted molar refractivity (Wildman–Crippen MR) is 115 cm³/mol. The fourth-order valence-corrected chi connectivity index (χ4v) is 2.65. The minimum absolute atomic E-state index is 0.213. The van der Waals surface area contributed by atoms with Crippen molar-refractivity contribution < 1.29 is 23.5 Å². The number of anilines is 2. The first-order valence-electron chi connectivity index (χ1n) is 9.47. The van der Waals surface area contributed by atoms with Gasteiger partial charge in [0.15, 0.2) is 5.76 Å². The van der Waals surface area contributed by atoms with E-state index >= 15 is 0 Å². The van der Waals surface area contributed by atoms with Crippen molar-refractivity contribution in [1.82, 2.24) is 10.6 Å². The summed E-state index contributed by atoms with van der Waals surface area (Å²) in [5, 5.41) is 10.7. The first kappa shape index (κ1) is 21.4. The largest absolute Gasteiger partial charge is 0.497 e. The van der Waals surface area contributed by atoms with Crippen LogP contribution in [0, 0.1) is 0 Å². The van der Waals surface area contributed by atoms with Crippen molar-refractivity contribution in [2.75, 3.05) is 30.8 Å². The van der Waals surface area contributed by atoms with Gasteiger partial charge in [-0.05, 0) is 48.5 Å². The normalized spacial score (nSPS) is 10.1. The van der Waals surface area contributed by atoms with E-state index in [-0.39, 0.29) is 30.7 Å². The monoisotopic (exact) mass is 422 g/mol. The van der Waals surface area contributed by atoms with E-state index in [1.165, 1.54) is 6.26 Å². The minimum Gasteiger partial charge on any atom is -0.497 e. The molecule has 31 heavy (non-hydrogen) atoms. The van der Waals surface area contributed by atoms with Crippen molar-refractivity contribution in [3.05, 3.63) is 78.3 Å². The number of rotatable bonds is 8. The Balaban J connectivity index is 1.42. The van der Waals surface area contributed by atoms with Crippen LogP contribution in [-0.4, -0.2) is 38.0 Å². The number of benzene rings is 2. The van der Waals surface area contributed by atoms with E-state index in [9.17, 15) is 14.4 Å². The van der Waals surface area contributed by atoms with Crippen LogP contribution in [0.2, 0.25) is 0 Å². The highest BCUT2D eigenvalue weighted by Gasteiger charge is 2.09. The molecule has 1 heterocycles. The highest BCUT2D eigenvalue weighted by molar-refractivity contribution is 6.00. The molecule has 4 N–H and O–H groups in total. The standard InChI is InChI=1S/C22H22N4O5/c1-30-18-5-2-4-17(14-18)26-22(29)25-16-9-7-15(8-10-16)20(27)23-11-12-24-21(28)19-6-3-13-31-19/h2-10,13-14H,11-12H2,1H3,(H,23,27)(H,24,28)(H2,25,26,29). The van der Waals surface area contributed by atoms with Crippen LogP contribution in [0.15, 0.2) is 71.3 Å². The van der Waals surface area contributed by atoms with Crippen LogP contribution in [0.5, 0.6) is 5.75 Å². The van der Waals surface area contributed by atoms with E-state index in [4.69, 9.17) is 9.15 Å². The maximum atomic E-state index is 12.2. The second kappa shape index (κ2) is 10.5. The lowest BCUT2D eigenvalue weighted by atomic mass is 10.2. The number of urea groups is 1. The average Bonchev–Trinajstić information content (AvgIpc) is 3.32. The molecule has 0 aliphatic heterocycles. The van der Waals surface area contributed by atoms with Crippen LogP contribution in [0.4, 0.5) is 16.2 Å². The molecule has 9 nitrogen and oxygen atoms in total. The summed E-state index contributed by atoms with van der Waals surface area (Å²) in [5.41, 5.74) is 1.55. The van der Waals surface area contributed by atoms with Crippen molar-refractivity contribution in [3.63, 3.8) is 0 Å². The molecule has 0 bridgehead atoms. The predicted octanol–water partition coefficient (Wildman–Crippen LogP) is 3.09. The summed E-state index contributed by atoms with van der Waals surface area (Å²) in [6, 6.07) is 16.2. The number of hydrogen-bond acceptors (Lipinski definition) is 5. The van der Waals surface area contributed by atoms with Crippen molar-refractivity contribution >= 4 is 29.2 Å². The van der Waals surface area contributed by atoms with Gasteiger partial charge >= 0.3 is 6.03 Å². The van der Waals surface area contributed by atoms with E-state index in [2.05, 4.69) is 21.3 Å². The minimum atomic E-state index is -0.419. The Kier molecular flexibility index (Phi) is 7.26. The zero-order chi connectivity index (χ0) is 22.1. The van der Waals surface area contributed by atoms with Crippen LogP contribution in [0.25, 0.3) is 0 Å². The lowest BCUT2D eigenvalue weighted by Crippen LogP contribution is -2.34. The molecule has 3 aromatic rings. The fourth-order valence-electron chi connectivity index (χ4n) is 2.65. The molecule has 0 spiro atoms. The summed E-state index contributed by atoms with van der Waals surface area (Å²) in [5.74, 6) is 0.208. The van der Waals surface area contributed by atoms with Crippen molar-refractivity contribution in [3.8, 4) is 5.75 Å². The number of hydrogen-bond donors (Lipinski definition) is 4. The molecule has 0 unspecified atom stereocenters.